The van der Waals surface area contributed by atoms with Crippen LogP contribution in [-0.2, 0) is 9.59 Å². The van der Waals surface area contributed by atoms with Crippen LogP contribution in [0.5, 0.6) is 0 Å². The van der Waals surface area contributed by atoms with Crippen molar-refractivity contribution < 1.29 is 19.5 Å². The number of rotatable bonds is 5. The molecule has 7 rings (SSSR count). The zero-order valence-electron chi connectivity index (χ0n) is 54.6. The van der Waals surface area contributed by atoms with Gasteiger partial charge in [0, 0.05) is 38.4 Å². The van der Waals surface area contributed by atoms with E-state index in [2.05, 4.69) is 157 Å². The molecule has 11 heteroatoms. The molecule has 7 aromatic rings. The summed E-state index contributed by atoms with van der Waals surface area (Å²) in [6, 6.07) is 6.12. The number of benzene rings is 5. The number of fused-ring (bicyclic) bond motifs is 2. The summed E-state index contributed by atoms with van der Waals surface area (Å²) in [5.41, 5.74) is 43.0. The summed E-state index contributed by atoms with van der Waals surface area (Å²) >= 11 is 6.32. The predicted molar refractivity (Wildman–Crippen MR) is 348 cm³/mol. The number of allylic oxidation sites excluding steroid dienone is 2. The molecule has 10 nitrogen and oxygen atoms in total. The Hall–Kier alpha value is -7.39. The van der Waals surface area contributed by atoms with Gasteiger partial charge >= 0.3 is 5.97 Å². The standard InChI is InChI=1S/C15H18ClN.C15H19N3O.C15H19NO.C15H20O2.C11H14O/c1-7-8(2)10(4)14-13(9(7)3)11(5)12(6)17-15(14)16;1-8-7-14(11(4)10(3)9(8)2)12(5)13(6)15(19)17-18-16;1-7-8(2)10(4)14-13(9(7)3)11(5)12(6)16-15(14)17;1-8-7-14(11(4)10(3)9(8)2)12(5)13(6)15(16)17;1-7-5-11(6-12)10(4)9(3)8(7)2/h1-6H3;7H,1-6H3;1-6H3,(H,16,17);7H,1-6H3,(H,16,17);5-6H,1-4H3/b;13-12+;;13-12+;. The van der Waals surface area contributed by atoms with E-state index in [1.165, 1.54) is 111 Å². The van der Waals surface area contributed by atoms with E-state index < -0.39 is 11.9 Å². The lowest BCUT2D eigenvalue weighted by Crippen LogP contribution is -2.13. The first-order valence-corrected chi connectivity index (χ1v) is 28.2. The van der Waals surface area contributed by atoms with Gasteiger partial charge in [-0.05, 0) is 366 Å². The lowest BCUT2D eigenvalue weighted by molar-refractivity contribution is -0.132. The average Bonchev–Trinajstić information content (AvgIpc) is 3.43. The number of hydrogen-bond acceptors (Lipinski definition) is 5. The zero-order valence-corrected chi connectivity index (χ0v) is 55.3. The van der Waals surface area contributed by atoms with Crippen LogP contribution >= 0.6 is 11.6 Å². The Morgan fingerprint density at radius 1 is 0.488 bits per heavy atom. The van der Waals surface area contributed by atoms with E-state index in [0.717, 1.165) is 78.4 Å². The summed E-state index contributed by atoms with van der Waals surface area (Å²) in [6.45, 7) is 57.1. The minimum Gasteiger partial charge on any atom is -0.478 e. The molecule has 0 fully saturated rings. The third-order valence-corrected chi connectivity index (χ3v) is 18.8. The Bertz CT molecular complexity index is 3930. The first-order chi connectivity index (χ1) is 37.9. The van der Waals surface area contributed by atoms with Crippen LogP contribution in [0.25, 0.3) is 43.1 Å². The van der Waals surface area contributed by atoms with Crippen molar-refractivity contribution in [3.05, 3.63) is 206 Å². The zero-order chi connectivity index (χ0) is 63.2. The van der Waals surface area contributed by atoms with Crippen molar-refractivity contribution in [3.63, 3.8) is 0 Å². The fraction of sp³-hybridized carbons (Fsp3) is 0.394. The highest BCUT2D eigenvalue weighted by atomic mass is 35.5. The van der Waals surface area contributed by atoms with Crippen molar-refractivity contribution in [1.29, 1.82) is 0 Å². The van der Waals surface area contributed by atoms with Gasteiger partial charge in [-0.1, -0.05) is 23.7 Å². The topological polar surface area (TPSA) is 166 Å². The maximum Gasteiger partial charge on any atom is 0.331 e. The molecular formula is C71H90ClN5O5. The largest absolute Gasteiger partial charge is 0.478 e. The van der Waals surface area contributed by atoms with Gasteiger partial charge < -0.3 is 10.1 Å². The van der Waals surface area contributed by atoms with Crippen molar-refractivity contribution in [1.82, 2.24) is 9.97 Å². The van der Waals surface area contributed by atoms with Crippen molar-refractivity contribution >= 4 is 62.5 Å². The van der Waals surface area contributed by atoms with Gasteiger partial charge in [0.15, 0.2) is 0 Å². The molecule has 0 unspecified atom stereocenters. The number of hydrogen-bond donors (Lipinski definition) is 2. The third kappa shape index (κ3) is 14.3. The molecule has 0 aliphatic rings. The number of aliphatic carboxylic acids is 1. The van der Waals surface area contributed by atoms with Gasteiger partial charge in [0.05, 0.1) is 5.39 Å². The number of nitrogens with zero attached hydrogens (tertiary/aromatic N) is 4. The molecule has 436 valence electrons. The molecule has 2 N–H and O–H groups in total. The summed E-state index contributed by atoms with van der Waals surface area (Å²) < 4.78 is 0. The highest BCUT2D eigenvalue weighted by Gasteiger charge is 2.19. The number of aromatic amines is 1. The van der Waals surface area contributed by atoms with Gasteiger partial charge in [0.25, 0.3) is 5.56 Å². The molecule has 1 amide bonds. The SMILES string of the molecule is C/C(C(=O)N=[N+]=[N-])=C(/C)c1cc(C)c(C)c(C)c1C.C/C(C(=O)O)=C(/C)c1cc(C)c(C)c(C)c1C.Cc1[nH]c(=O)c2c(C)c(C)c(C)c(C)c2c1C.Cc1cc(C=O)c(C)c(C)c1C.Cc1nc(Cl)c2c(C)c(C)c(C)c(C)c2c1C. The molecule has 0 bridgehead atoms. The quantitative estimate of drug-likeness (QED) is 0.0435. The summed E-state index contributed by atoms with van der Waals surface area (Å²) in [6.07, 6.45) is 0.925. The van der Waals surface area contributed by atoms with Crippen LogP contribution in [0.4, 0.5) is 0 Å². The van der Waals surface area contributed by atoms with Crippen LogP contribution in [-0.4, -0.2) is 33.2 Å². The fourth-order valence-corrected chi connectivity index (χ4v) is 10.9. The molecule has 0 aliphatic heterocycles. The molecular weight excluding hydrogens is 1040 g/mol. The highest BCUT2D eigenvalue weighted by molar-refractivity contribution is 6.35. The second-order valence-electron chi connectivity index (χ2n) is 22.6. The number of carboxylic acid groups (broad SMARTS) is 1. The number of azide groups is 1. The van der Waals surface area contributed by atoms with Crippen LogP contribution in [0.1, 0.15) is 183 Å². The molecule has 0 radical (unpaired) electrons. The number of halogens is 1. The van der Waals surface area contributed by atoms with Crippen LogP contribution in [0.3, 0.4) is 0 Å². The number of H-pyrrole nitrogens is 1. The number of amides is 1. The van der Waals surface area contributed by atoms with E-state index in [0.29, 0.717) is 16.3 Å². The number of aryl methyl sites for hydroxylation is 11. The normalized spacial score (nSPS) is 11.4. The van der Waals surface area contributed by atoms with Crippen LogP contribution in [0, 0.1) is 166 Å². The number of pyridine rings is 2. The van der Waals surface area contributed by atoms with Gasteiger partial charge in [0.2, 0.25) is 5.91 Å². The van der Waals surface area contributed by atoms with Crippen LogP contribution in [0.15, 0.2) is 39.3 Å². The maximum atomic E-state index is 12.1. The lowest BCUT2D eigenvalue weighted by Gasteiger charge is -2.17. The Balaban J connectivity index is 0.000000271. The Morgan fingerprint density at radius 2 is 0.841 bits per heavy atom. The molecule has 82 heavy (non-hydrogen) atoms. The van der Waals surface area contributed by atoms with Crippen molar-refractivity contribution in [3.8, 4) is 0 Å². The molecule has 0 spiro atoms. The smallest absolute Gasteiger partial charge is 0.331 e. The number of carbonyl (C=O) groups excluding carboxylic acids is 2. The van der Waals surface area contributed by atoms with Gasteiger partial charge in [-0.3, -0.25) is 14.4 Å². The number of carbonyl (C=O) groups is 3. The van der Waals surface area contributed by atoms with Gasteiger partial charge in [-0.15, -0.1) is 0 Å². The summed E-state index contributed by atoms with van der Waals surface area (Å²) in [5.74, 6) is -1.37. The van der Waals surface area contributed by atoms with E-state index in [-0.39, 0.29) is 5.56 Å². The van der Waals surface area contributed by atoms with Crippen LogP contribution in [0.2, 0.25) is 5.15 Å². The van der Waals surface area contributed by atoms with Crippen molar-refractivity contribution in [2.45, 2.75) is 194 Å². The predicted octanol–water partition coefficient (Wildman–Crippen LogP) is 19.2. The Morgan fingerprint density at radius 3 is 1.24 bits per heavy atom. The van der Waals surface area contributed by atoms with E-state index in [1.807, 2.05) is 61.5 Å². The number of aldehydes is 1. The highest BCUT2D eigenvalue weighted by Crippen LogP contribution is 2.36. The van der Waals surface area contributed by atoms with E-state index in [4.69, 9.17) is 22.2 Å². The molecule has 2 heterocycles. The molecule has 0 saturated heterocycles. The van der Waals surface area contributed by atoms with E-state index >= 15 is 0 Å². The Kier molecular flexibility index (Phi) is 23.6. The summed E-state index contributed by atoms with van der Waals surface area (Å²) in [7, 11) is 0. The summed E-state index contributed by atoms with van der Waals surface area (Å²) in [5, 5.41) is 17.2. The van der Waals surface area contributed by atoms with Gasteiger partial charge in [-0.25, -0.2) is 9.78 Å². The Labute approximate surface area is 494 Å². The molecule has 5 aromatic carbocycles. The number of carboxylic acids is 1. The average molecular weight is 1130 g/mol. The van der Waals surface area contributed by atoms with Crippen molar-refractivity contribution in [2.24, 2.45) is 5.11 Å². The second kappa shape index (κ2) is 28.1. The molecule has 0 atom stereocenters. The molecule has 2 aromatic heterocycles. The molecule has 0 saturated carbocycles. The fourth-order valence-electron chi connectivity index (χ4n) is 10.5. The van der Waals surface area contributed by atoms with Gasteiger partial charge in [-0.2, -0.15) is 0 Å². The molecule has 0 aliphatic carbocycles. The first kappa shape index (κ1) is 68.9. The third-order valence-electron chi connectivity index (χ3n) is 18.6. The first-order valence-electron chi connectivity index (χ1n) is 27.9. The van der Waals surface area contributed by atoms with Gasteiger partial charge in [0.1, 0.15) is 11.4 Å². The van der Waals surface area contributed by atoms with E-state index in [9.17, 15) is 19.2 Å². The minimum absolute atomic E-state index is 0.0341. The summed E-state index contributed by atoms with van der Waals surface area (Å²) in [4.78, 5) is 55.3. The number of aromatic nitrogens is 2. The monoisotopic (exact) mass is 1130 g/mol. The maximum absolute atomic E-state index is 12.1. The minimum atomic E-state index is -0.849. The lowest BCUT2D eigenvalue weighted by atomic mass is 9.89. The van der Waals surface area contributed by atoms with E-state index in [1.54, 1.807) is 13.8 Å². The van der Waals surface area contributed by atoms with Crippen molar-refractivity contribution in [2.75, 3.05) is 0 Å². The number of nitrogens with one attached hydrogen (secondary N) is 1. The van der Waals surface area contributed by atoms with Crippen LogP contribution < -0.4 is 5.56 Å². The second-order valence-corrected chi connectivity index (χ2v) is 23.0.